The van der Waals surface area contributed by atoms with Crippen molar-refractivity contribution in [3.63, 3.8) is 0 Å². The Labute approximate surface area is 118 Å². The number of rotatable bonds is 5. The van der Waals surface area contributed by atoms with E-state index in [-0.39, 0.29) is 17.8 Å². The Hall–Kier alpha value is -2.32. The van der Waals surface area contributed by atoms with E-state index in [0.717, 1.165) is 7.11 Å². The maximum atomic E-state index is 12.5. The normalized spacial score (nSPS) is 11.0. The summed E-state index contributed by atoms with van der Waals surface area (Å²) in [5.74, 6) is -1.71. The van der Waals surface area contributed by atoms with Gasteiger partial charge in [-0.2, -0.15) is 13.2 Å². The molecule has 0 fully saturated rings. The first-order valence-corrected chi connectivity index (χ1v) is 5.88. The van der Waals surface area contributed by atoms with Crippen molar-refractivity contribution in [1.29, 1.82) is 0 Å². The molecule has 1 aromatic heterocycles. The van der Waals surface area contributed by atoms with Crippen molar-refractivity contribution < 1.29 is 27.5 Å². The summed E-state index contributed by atoms with van der Waals surface area (Å²) in [6.45, 7) is -1.94. The summed E-state index contributed by atoms with van der Waals surface area (Å²) in [4.78, 5) is 27.2. The van der Waals surface area contributed by atoms with E-state index in [0.29, 0.717) is 4.90 Å². The number of esters is 1. The van der Waals surface area contributed by atoms with Crippen LogP contribution in [0.5, 0.6) is 0 Å². The van der Waals surface area contributed by atoms with Gasteiger partial charge in [-0.3, -0.25) is 9.59 Å². The number of halogens is 3. The van der Waals surface area contributed by atoms with Gasteiger partial charge in [0.2, 0.25) is 0 Å². The molecule has 6 nitrogen and oxygen atoms in total. The van der Waals surface area contributed by atoms with Gasteiger partial charge in [-0.05, 0) is 12.1 Å². The quantitative estimate of drug-likeness (QED) is 0.827. The van der Waals surface area contributed by atoms with Gasteiger partial charge in [-0.25, -0.2) is 4.98 Å². The average Bonchev–Trinajstić information content (AvgIpc) is 2.41. The number of nitrogens with two attached hydrogens (primary N) is 1. The third-order valence-corrected chi connectivity index (χ3v) is 2.51. The molecule has 0 radical (unpaired) electrons. The van der Waals surface area contributed by atoms with Crippen LogP contribution in [0.1, 0.15) is 16.9 Å². The lowest BCUT2D eigenvalue weighted by atomic mass is 10.2. The number of nitrogen functional groups attached to an aromatic ring is 1. The average molecular weight is 305 g/mol. The zero-order chi connectivity index (χ0) is 16.0. The van der Waals surface area contributed by atoms with Crippen molar-refractivity contribution >= 4 is 17.6 Å². The molecule has 0 bridgehead atoms. The fraction of sp³-hybridized carbons (Fsp3) is 0.417. The highest BCUT2D eigenvalue weighted by Crippen LogP contribution is 2.19. The maximum absolute atomic E-state index is 12.5. The van der Waals surface area contributed by atoms with Gasteiger partial charge in [-0.15, -0.1) is 0 Å². The lowest BCUT2D eigenvalue weighted by Gasteiger charge is -2.23. The van der Waals surface area contributed by atoms with Crippen LogP contribution < -0.4 is 5.73 Å². The summed E-state index contributed by atoms with van der Waals surface area (Å²) in [5, 5.41) is 0. The summed E-state index contributed by atoms with van der Waals surface area (Å²) in [7, 11) is 1.11. The van der Waals surface area contributed by atoms with Crippen LogP contribution in [0.25, 0.3) is 0 Å². The van der Waals surface area contributed by atoms with E-state index < -0.39 is 31.1 Å². The smallest absolute Gasteiger partial charge is 0.406 e. The fourth-order valence-corrected chi connectivity index (χ4v) is 1.54. The minimum absolute atomic E-state index is 0.0345. The Bertz CT molecular complexity index is 520. The van der Waals surface area contributed by atoms with Crippen LogP contribution in [0.3, 0.4) is 0 Å². The number of hydrogen-bond acceptors (Lipinski definition) is 5. The van der Waals surface area contributed by atoms with Crippen molar-refractivity contribution in [2.45, 2.75) is 12.6 Å². The molecule has 0 aliphatic heterocycles. The molecule has 1 amide bonds. The molecule has 0 aliphatic rings. The molecule has 21 heavy (non-hydrogen) atoms. The van der Waals surface area contributed by atoms with E-state index in [1.807, 2.05) is 0 Å². The summed E-state index contributed by atoms with van der Waals surface area (Å²) in [5.41, 5.74) is 5.20. The third-order valence-electron chi connectivity index (χ3n) is 2.51. The number of pyridine rings is 1. The number of carbonyl (C=O) groups excluding carboxylic acids is 2. The Morgan fingerprint density at radius 3 is 2.62 bits per heavy atom. The molecule has 0 aromatic carbocycles. The molecule has 0 saturated heterocycles. The van der Waals surface area contributed by atoms with Crippen molar-refractivity contribution in [3.8, 4) is 0 Å². The molecule has 0 unspecified atom stereocenters. The van der Waals surface area contributed by atoms with E-state index in [1.165, 1.54) is 18.3 Å². The van der Waals surface area contributed by atoms with Crippen molar-refractivity contribution in [3.05, 3.63) is 24.0 Å². The Kier molecular flexibility index (Phi) is 5.51. The first kappa shape index (κ1) is 16.7. The number of alkyl halides is 3. The number of hydrogen-bond donors (Lipinski definition) is 1. The van der Waals surface area contributed by atoms with Crippen molar-refractivity contribution in [1.82, 2.24) is 9.88 Å². The second-order valence-electron chi connectivity index (χ2n) is 4.11. The maximum Gasteiger partial charge on any atom is 0.406 e. The number of carbonyl (C=O) groups is 2. The Balaban J connectivity index is 2.92. The molecule has 0 aliphatic carbocycles. The summed E-state index contributed by atoms with van der Waals surface area (Å²) >= 11 is 0. The second-order valence-corrected chi connectivity index (χ2v) is 4.11. The van der Waals surface area contributed by atoms with Crippen LogP contribution in [0.15, 0.2) is 18.3 Å². The zero-order valence-corrected chi connectivity index (χ0v) is 11.2. The highest BCUT2D eigenvalue weighted by Gasteiger charge is 2.34. The minimum atomic E-state index is -4.60. The predicted octanol–water partition coefficient (Wildman–Crippen LogP) is 1.23. The number of aromatic nitrogens is 1. The Morgan fingerprint density at radius 1 is 1.43 bits per heavy atom. The molecule has 0 saturated carbocycles. The number of amides is 1. The van der Waals surface area contributed by atoms with Crippen LogP contribution in [-0.2, 0) is 9.53 Å². The topological polar surface area (TPSA) is 85.5 Å². The van der Waals surface area contributed by atoms with E-state index in [1.54, 1.807) is 0 Å². The van der Waals surface area contributed by atoms with Gasteiger partial charge in [0.15, 0.2) is 5.69 Å². The highest BCUT2D eigenvalue weighted by molar-refractivity contribution is 5.97. The van der Waals surface area contributed by atoms with Crippen LogP contribution >= 0.6 is 0 Å². The molecular weight excluding hydrogens is 291 g/mol. The van der Waals surface area contributed by atoms with Gasteiger partial charge < -0.3 is 15.4 Å². The van der Waals surface area contributed by atoms with E-state index in [2.05, 4.69) is 9.72 Å². The van der Waals surface area contributed by atoms with Crippen LogP contribution in [0, 0.1) is 0 Å². The summed E-state index contributed by atoms with van der Waals surface area (Å²) in [6.07, 6.45) is -3.71. The van der Waals surface area contributed by atoms with Gasteiger partial charge >= 0.3 is 12.1 Å². The molecule has 1 rings (SSSR count). The SMILES string of the molecule is COC(=O)CCN(CC(F)(F)F)C(=O)c1ncccc1N. The first-order chi connectivity index (χ1) is 9.74. The lowest BCUT2D eigenvalue weighted by Crippen LogP contribution is -2.40. The molecule has 9 heteroatoms. The second kappa shape index (κ2) is 6.91. The highest BCUT2D eigenvalue weighted by atomic mass is 19.4. The molecule has 1 aromatic rings. The standard InChI is InChI=1S/C12H14F3N3O3/c1-21-9(19)4-6-18(7-12(13,14)15)11(20)10-8(16)3-2-5-17-10/h2-3,5H,4,6-7,16H2,1H3. The van der Waals surface area contributed by atoms with Crippen molar-refractivity contribution in [2.75, 3.05) is 25.9 Å². The largest absolute Gasteiger partial charge is 0.469 e. The minimum Gasteiger partial charge on any atom is -0.469 e. The number of nitrogens with zero attached hydrogens (tertiary/aromatic N) is 2. The molecular formula is C12H14F3N3O3. The molecule has 1 heterocycles. The van der Waals surface area contributed by atoms with Crippen LogP contribution in [0.2, 0.25) is 0 Å². The third kappa shape index (κ3) is 5.28. The summed E-state index contributed by atoms with van der Waals surface area (Å²) < 4.78 is 41.9. The van der Waals surface area contributed by atoms with Gasteiger partial charge in [0.1, 0.15) is 6.54 Å². The van der Waals surface area contributed by atoms with Gasteiger partial charge in [0.05, 0.1) is 19.2 Å². The van der Waals surface area contributed by atoms with Crippen LogP contribution in [-0.4, -0.2) is 48.1 Å². The van der Waals surface area contributed by atoms with E-state index >= 15 is 0 Å². The molecule has 2 N–H and O–H groups in total. The Morgan fingerprint density at radius 2 is 2.10 bits per heavy atom. The molecule has 0 atom stereocenters. The molecule has 0 spiro atoms. The van der Waals surface area contributed by atoms with Gasteiger partial charge in [0.25, 0.3) is 5.91 Å². The lowest BCUT2D eigenvalue weighted by molar-refractivity contribution is -0.147. The van der Waals surface area contributed by atoms with Gasteiger partial charge in [0, 0.05) is 12.7 Å². The zero-order valence-electron chi connectivity index (χ0n) is 11.2. The monoisotopic (exact) mass is 305 g/mol. The van der Waals surface area contributed by atoms with Crippen LogP contribution in [0.4, 0.5) is 18.9 Å². The number of anilines is 1. The van der Waals surface area contributed by atoms with E-state index in [4.69, 9.17) is 5.73 Å². The predicted molar refractivity (Wildman–Crippen MR) is 67.2 cm³/mol. The summed E-state index contributed by atoms with van der Waals surface area (Å²) in [6, 6.07) is 2.81. The number of ether oxygens (including phenoxy) is 1. The van der Waals surface area contributed by atoms with Gasteiger partial charge in [-0.1, -0.05) is 0 Å². The van der Waals surface area contributed by atoms with E-state index in [9.17, 15) is 22.8 Å². The first-order valence-electron chi connectivity index (χ1n) is 5.88. The fourth-order valence-electron chi connectivity index (χ4n) is 1.54. The molecule has 116 valence electrons. The number of methoxy groups -OCH3 is 1. The van der Waals surface area contributed by atoms with Crippen molar-refractivity contribution in [2.24, 2.45) is 0 Å².